The van der Waals surface area contributed by atoms with E-state index in [-0.39, 0.29) is 18.1 Å². The fourth-order valence-corrected chi connectivity index (χ4v) is 3.59. The summed E-state index contributed by atoms with van der Waals surface area (Å²) in [4.78, 5) is 25.5. The first-order chi connectivity index (χ1) is 12.9. The molecule has 6 heteroatoms. The molecule has 2 heterocycles. The molecule has 27 heavy (non-hydrogen) atoms. The van der Waals surface area contributed by atoms with Crippen molar-refractivity contribution in [2.24, 2.45) is 0 Å². The van der Waals surface area contributed by atoms with Crippen LogP contribution in [-0.2, 0) is 4.79 Å². The van der Waals surface area contributed by atoms with Gasteiger partial charge in [-0.15, -0.1) is 0 Å². The minimum absolute atomic E-state index is 0.0649. The Labute approximate surface area is 162 Å². The summed E-state index contributed by atoms with van der Waals surface area (Å²) < 4.78 is 1.66. The summed E-state index contributed by atoms with van der Waals surface area (Å²) in [6, 6.07) is 14.6. The molecule has 1 atom stereocenters. The predicted octanol–water partition coefficient (Wildman–Crippen LogP) is 4.45. The third-order valence-electron chi connectivity index (χ3n) is 4.83. The van der Waals surface area contributed by atoms with E-state index in [1.807, 2.05) is 50.2 Å². The van der Waals surface area contributed by atoms with E-state index in [2.05, 4.69) is 10.4 Å². The number of carbonyl (C=O) groups is 2. The van der Waals surface area contributed by atoms with Gasteiger partial charge in [-0.05, 0) is 38.1 Å². The number of hydrogen-bond acceptors (Lipinski definition) is 3. The number of aryl methyl sites for hydroxylation is 2. The minimum Gasteiger partial charge on any atom is -0.310 e. The van der Waals surface area contributed by atoms with E-state index in [4.69, 9.17) is 11.6 Å². The van der Waals surface area contributed by atoms with Crippen LogP contribution in [0.1, 0.15) is 39.5 Å². The van der Waals surface area contributed by atoms with E-state index in [0.717, 1.165) is 22.5 Å². The van der Waals surface area contributed by atoms with E-state index in [0.29, 0.717) is 16.4 Å². The molecule has 0 radical (unpaired) electrons. The van der Waals surface area contributed by atoms with Crippen LogP contribution in [0.3, 0.4) is 0 Å². The average Bonchev–Trinajstić information content (AvgIpc) is 2.98. The first-order valence-corrected chi connectivity index (χ1v) is 9.08. The molecule has 1 aliphatic rings. The highest BCUT2D eigenvalue weighted by Crippen LogP contribution is 2.38. The maximum absolute atomic E-state index is 13.1. The van der Waals surface area contributed by atoms with Crippen LogP contribution < -0.4 is 5.32 Å². The first-order valence-electron chi connectivity index (χ1n) is 8.70. The Morgan fingerprint density at radius 2 is 1.78 bits per heavy atom. The number of rotatable bonds is 3. The highest BCUT2D eigenvalue weighted by atomic mass is 35.5. The lowest BCUT2D eigenvalue weighted by Crippen LogP contribution is -2.28. The van der Waals surface area contributed by atoms with Crippen LogP contribution in [0.2, 0.25) is 5.02 Å². The Morgan fingerprint density at radius 3 is 2.44 bits per heavy atom. The van der Waals surface area contributed by atoms with Crippen molar-refractivity contribution in [2.45, 2.75) is 26.2 Å². The molecule has 1 amide bonds. The van der Waals surface area contributed by atoms with E-state index >= 15 is 0 Å². The van der Waals surface area contributed by atoms with Crippen LogP contribution in [0.15, 0.2) is 48.5 Å². The quantitative estimate of drug-likeness (QED) is 0.684. The number of benzene rings is 2. The van der Waals surface area contributed by atoms with Gasteiger partial charge >= 0.3 is 0 Å². The molecule has 0 aliphatic carbocycles. The van der Waals surface area contributed by atoms with Gasteiger partial charge in [0.15, 0.2) is 5.78 Å². The number of carbonyl (C=O) groups excluding carboxylic acids is 2. The number of fused-ring (bicyclic) bond motifs is 1. The van der Waals surface area contributed by atoms with Gasteiger partial charge < -0.3 is 5.32 Å². The molecular formula is C21H18ClN3O2. The summed E-state index contributed by atoms with van der Waals surface area (Å²) >= 11 is 5.97. The van der Waals surface area contributed by atoms with Gasteiger partial charge in [0.2, 0.25) is 5.91 Å². The minimum atomic E-state index is -0.544. The smallest absolute Gasteiger partial charge is 0.226 e. The number of nitrogens with zero attached hydrogens (tertiary/aromatic N) is 2. The standard InChI is InChI=1S/C21H18ClN3O2/c1-12-3-5-14(6-4-12)20(27)17-11-18(26)23-21-19(17)13(2)24-25(21)16-9-7-15(22)8-10-16/h3-10,17H,11H2,1-2H3,(H,23,26)/t17-/m1/s1. The Hall–Kier alpha value is -2.92. The molecule has 1 aromatic heterocycles. The SMILES string of the molecule is Cc1ccc(C(=O)[C@@H]2CC(=O)Nc3c2c(C)nn3-c2ccc(Cl)cc2)cc1. The lowest BCUT2D eigenvalue weighted by molar-refractivity contribution is -0.116. The van der Waals surface area contributed by atoms with Gasteiger partial charge in [0.25, 0.3) is 0 Å². The maximum atomic E-state index is 13.1. The van der Waals surface area contributed by atoms with E-state index in [1.165, 1.54) is 0 Å². The highest BCUT2D eigenvalue weighted by molar-refractivity contribution is 6.30. The Bertz CT molecular complexity index is 1040. The summed E-state index contributed by atoms with van der Waals surface area (Å²) in [7, 11) is 0. The van der Waals surface area contributed by atoms with Crippen molar-refractivity contribution in [3.05, 3.63) is 75.9 Å². The fraction of sp³-hybridized carbons (Fsp3) is 0.190. The molecule has 5 nitrogen and oxygen atoms in total. The van der Waals surface area contributed by atoms with Crippen molar-refractivity contribution in [1.82, 2.24) is 9.78 Å². The second-order valence-electron chi connectivity index (χ2n) is 6.77. The molecule has 0 unspecified atom stereocenters. The zero-order valence-electron chi connectivity index (χ0n) is 15.0. The number of hydrogen-bond donors (Lipinski definition) is 1. The van der Waals surface area contributed by atoms with Gasteiger partial charge in [-0.25, -0.2) is 4.68 Å². The van der Waals surface area contributed by atoms with Gasteiger partial charge in [0.05, 0.1) is 17.3 Å². The maximum Gasteiger partial charge on any atom is 0.226 e. The van der Waals surface area contributed by atoms with Gasteiger partial charge in [0, 0.05) is 22.6 Å². The van der Waals surface area contributed by atoms with Gasteiger partial charge in [-0.3, -0.25) is 9.59 Å². The molecule has 1 aliphatic heterocycles. The van der Waals surface area contributed by atoms with Crippen LogP contribution >= 0.6 is 11.6 Å². The molecular weight excluding hydrogens is 362 g/mol. The predicted molar refractivity (Wildman–Crippen MR) is 105 cm³/mol. The normalized spacial score (nSPS) is 16.0. The molecule has 3 aromatic rings. The lowest BCUT2D eigenvalue weighted by Gasteiger charge is -2.23. The number of ketones is 1. The van der Waals surface area contributed by atoms with Crippen molar-refractivity contribution < 1.29 is 9.59 Å². The summed E-state index contributed by atoms with van der Waals surface area (Å²) in [5.74, 6) is -0.248. The molecule has 0 spiro atoms. The van der Waals surface area contributed by atoms with Crippen LogP contribution in [0.25, 0.3) is 5.69 Å². The summed E-state index contributed by atoms with van der Waals surface area (Å²) in [5, 5.41) is 8.08. The van der Waals surface area contributed by atoms with E-state index in [1.54, 1.807) is 16.8 Å². The number of anilines is 1. The van der Waals surface area contributed by atoms with Crippen LogP contribution in [0.4, 0.5) is 5.82 Å². The number of nitrogens with one attached hydrogen (secondary N) is 1. The lowest BCUT2D eigenvalue weighted by atomic mass is 9.85. The molecule has 0 saturated carbocycles. The zero-order chi connectivity index (χ0) is 19.1. The third kappa shape index (κ3) is 3.15. The van der Waals surface area contributed by atoms with E-state index < -0.39 is 5.92 Å². The van der Waals surface area contributed by atoms with Crippen molar-refractivity contribution in [2.75, 3.05) is 5.32 Å². The zero-order valence-corrected chi connectivity index (χ0v) is 15.7. The Morgan fingerprint density at radius 1 is 1.11 bits per heavy atom. The molecule has 1 N–H and O–H groups in total. The monoisotopic (exact) mass is 379 g/mol. The van der Waals surface area contributed by atoms with Crippen molar-refractivity contribution in [3.63, 3.8) is 0 Å². The van der Waals surface area contributed by atoms with Crippen molar-refractivity contribution in [1.29, 1.82) is 0 Å². The van der Waals surface area contributed by atoms with Crippen molar-refractivity contribution >= 4 is 29.1 Å². The average molecular weight is 380 g/mol. The first kappa shape index (κ1) is 17.5. The molecule has 0 bridgehead atoms. The Kier molecular flexibility index (Phi) is 4.32. The van der Waals surface area contributed by atoms with Crippen LogP contribution in [0, 0.1) is 13.8 Å². The fourth-order valence-electron chi connectivity index (χ4n) is 3.46. The summed E-state index contributed by atoms with van der Waals surface area (Å²) in [6.45, 7) is 3.83. The molecule has 0 fully saturated rings. The molecule has 4 rings (SSSR count). The van der Waals surface area contributed by atoms with Gasteiger partial charge in [-0.1, -0.05) is 41.4 Å². The molecule has 136 valence electrons. The number of Topliss-reactive ketones (excluding diaryl/α,β-unsaturated/α-hetero) is 1. The number of amides is 1. The van der Waals surface area contributed by atoms with Gasteiger partial charge in [0.1, 0.15) is 5.82 Å². The molecule has 0 saturated heterocycles. The van der Waals surface area contributed by atoms with Crippen LogP contribution in [0.5, 0.6) is 0 Å². The number of aromatic nitrogens is 2. The highest BCUT2D eigenvalue weighted by Gasteiger charge is 2.36. The largest absolute Gasteiger partial charge is 0.310 e. The van der Waals surface area contributed by atoms with Crippen molar-refractivity contribution in [3.8, 4) is 5.69 Å². The third-order valence-corrected chi connectivity index (χ3v) is 5.08. The Balaban J connectivity index is 1.80. The van der Waals surface area contributed by atoms with Gasteiger partial charge in [-0.2, -0.15) is 5.10 Å². The second kappa shape index (κ2) is 6.67. The van der Waals surface area contributed by atoms with Crippen LogP contribution in [-0.4, -0.2) is 21.5 Å². The summed E-state index contributed by atoms with van der Waals surface area (Å²) in [6.07, 6.45) is 0.118. The topological polar surface area (TPSA) is 64.0 Å². The number of halogens is 1. The van der Waals surface area contributed by atoms with E-state index in [9.17, 15) is 9.59 Å². The summed E-state index contributed by atoms with van der Waals surface area (Å²) in [5.41, 5.74) is 3.96. The molecule has 2 aromatic carbocycles. The second-order valence-corrected chi connectivity index (χ2v) is 7.21.